The Morgan fingerprint density at radius 1 is 1.43 bits per heavy atom. The van der Waals surface area contributed by atoms with Gasteiger partial charge in [0.05, 0.1) is 5.92 Å². The van der Waals surface area contributed by atoms with Crippen LogP contribution in [0.1, 0.15) is 35.3 Å². The van der Waals surface area contributed by atoms with Gasteiger partial charge in [0.2, 0.25) is 0 Å². The third-order valence-electron chi connectivity index (χ3n) is 4.00. The minimum Gasteiger partial charge on any atom is -0.481 e. The van der Waals surface area contributed by atoms with Crippen LogP contribution in [0, 0.1) is 12.8 Å². The van der Waals surface area contributed by atoms with Gasteiger partial charge in [0.15, 0.2) is 0 Å². The average Bonchev–Trinajstić information content (AvgIpc) is 3.04. The van der Waals surface area contributed by atoms with E-state index >= 15 is 0 Å². The van der Waals surface area contributed by atoms with Crippen LogP contribution in [0.4, 0.5) is 0 Å². The Balaban J connectivity index is 1.79. The van der Waals surface area contributed by atoms with E-state index in [1.807, 2.05) is 25.3 Å². The Morgan fingerprint density at radius 3 is 3.00 bits per heavy atom. The Morgan fingerprint density at radius 2 is 2.24 bits per heavy atom. The van der Waals surface area contributed by atoms with Gasteiger partial charge in [-0.1, -0.05) is 6.42 Å². The van der Waals surface area contributed by atoms with Crippen LogP contribution >= 0.6 is 0 Å². The highest BCUT2D eigenvalue weighted by Gasteiger charge is 2.34. The molecule has 6 heteroatoms. The van der Waals surface area contributed by atoms with Crippen molar-refractivity contribution in [3.05, 3.63) is 35.8 Å². The fourth-order valence-corrected chi connectivity index (χ4v) is 2.86. The van der Waals surface area contributed by atoms with Crippen molar-refractivity contribution >= 4 is 17.5 Å². The molecule has 0 aliphatic heterocycles. The minimum atomic E-state index is -0.844. The quantitative estimate of drug-likeness (QED) is 0.898. The van der Waals surface area contributed by atoms with Gasteiger partial charge in [0.1, 0.15) is 11.3 Å². The summed E-state index contributed by atoms with van der Waals surface area (Å²) in [7, 11) is 0. The van der Waals surface area contributed by atoms with E-state index in [1.165, 1.54) is 0 Å². The molecule has 1 aliphatic carbocycles. The van der Waals surface area contributed by atoms with E-state index in [2.05, 4.69) is 10.3 Å². The molecule has 3 rings (SSSR count). The lowest BCUT2D eigenvalue weighted by Gasteiger charge is -2.16. The van der Waals surface area contributed by atoms with Crippen molar-refractivity contribution in [1.29, 1.82) is 0 Å². The second-order valence-corrected chi connectivity index (χ2v) is 5.55. The lowest BCUT2D eigenvalue weighted by Crippen LogP contribution is -2.40. The molecule has 1 amide bonds. The van der Waals surface area contributed by atoms with Crippen LogP contribution in [0.25, 0.3) is 5.65 Å². The zero-order valence-corrected chi connectivity index (χ0v) is 11.7. The topological polar surface area (TPSA) is 83.7 Å². The molecule has 110 valence electrons. The number of amides is 1. The fraction of sp³-hybridized carbons (Fsp3) is 0.400. The summed E-state index contributed by atoms with van der Waals surface area (Å²) in [5, 5.41) is 11.9. The highest BCUT2D eigenvalue weighted by Crippen LogP contribution is 2.26. The zero-order valence-electron chi connectivity index (χ0n) is 11.7. The van der Waals surface area contributed by atoms with E-state index in [4.69, 9.17) is 5.11 Å². The number of fused-ring (bicyclic) bond motifs is 1. The number of carbonyl (C=O) groups excluding carboxylic acids is 1. The van der Waals surface area contributed by atoms with E-state index < -0.39 is 11.9 Å². The smallest absolute Gasteiger partial charge is 0.308 e. The number of hydrogen-bond donors (Lipinski definition) is 2. The summed E-state index contributed by atoms with van der Waals surface area (Å²) < 4.78 is 1.78. The van der Waals surface area contributed by atoms with E-state index in [9.17, 15) is 9.59 Å². The zero-order chi connectivity index (χ0) is 15.0. The van der Waals surface area contributed by atoms with Crippen LogP contribution in [-0.2, 0) is 4.79 Å². The summed E-state index contributed by atoms with van der Waals surface area (Å²) in [6, 6.07) is 3.53. The van der Waals surface area contributed by atoms with Gasteiger partial charge in [0, 0.05) is 18.4 Å². The van der Waals surface area contributed by atoms with Gasteiger partial charge < -0.3 is 14.8 Å². The molecule has 0 spiro atoms. The largest absolute Gasteiger partial charge is 0.481 e. The first kappa shape index (κ1) is 13.6. The third-order valence-corrected chi connectivity index (χ3v) is 4.00. The molecule has 1 aliphatic rings. The maximum atomic E-state index is 12.2. The van der Waals surface area contributed by atoms with E-state index in [-0.39, 0.29) is 11.9 Å². The van der Waals surface area contributed by atoms with Crippen LogP contribution in [0.3, 0.4) is 0 Å². The predicted molar refractivity (Wildman–Crippen MR) is 76.2 cm³/mol. The van der Waals surface area contributed by atoms with Gasteiger partial charge in [-0.2, -0.15) is 0 Å². The molecule has 2 atom stereocenters. The van der Waals surface area contributed by atoms with Crippen LogP contribution < -0.4 is 5.32 Å². The molecule has 0 radical (unpaired) electrons. The Hall–Kier alpha value is -2.37. The molecule has 0 aromatic carbocycles. The first-order valence-corrected chi connectivity index (χ1v) is 7.03. The maximum absolute atomic E-state index is 12.2. The van der Waals surface area contributed by atoms with Crippen molar-refractivity contribution in [1.82, 2.24) is 14.7 Å². The number of aryl methyl sites for hydroxylation is 1. The highest BCUT2D eigenvalue weighted by molar-refractivity contribution is 5.93. The molecule has 21 heavy (non-hydrogen) atoms. The molecule has 6 nitrogen and oxygen atoms in total. The SMILES string of the molecule is Cc1ccn2cc(C(=O)N[C@@H]3CCC[C@@H]3C(=O)O)nc2c1. The number of rotatable bonds is 3. The van der Waals surface area contributed by atoms with E-state index in [0.717, 1.165) is 12.0 Å². The minimum absolute atomic E-state index is 0.304. The number of aliphatic carboxylic acids is 1. The standard InChI is InChI=1S/C15H17N3O3/c1-9-5-6-18-8-12(16-13(18)7-9)14(19)17-11-4-2-3-10(11)15(20)21/h5-8,10-11H,2-4H2,1H3,(H,17,19)(H,20,21)/t10-,11+/m0/s1. The first-order valence-electron chi connectivity index (χ1n) is 7.03. The second kappa shape index (κ2) is 5.20. The van der Waals surface area contributed by atoms with Crippen LogP contribution in [0.5, 0.6) is 0 Å². The molecule has 2 aromatic rings. The van der Waals surface area contributed by atoms with Crippen molar-refractivity contribution in [3.8, 4) is 0 Å². The van der Waals surface area contributed by atoms with Gasteiger partial charge in [-0.25, -0.2) is 4.98 Å². The fourth-order valence-electron chi connectivity index (χ4n) is 2.86. The van der Waals surface area contributed by atoms with Crippen molar-refractivity contribution < 1.29 is 14.7 Å². The van der Waals surface area contributed by atoms with Gasteiger partial charge in [-0.15, -0.1) is 0 Å². The summed E-state index contributed by atoms with van der Waals surface area (Å²) in [5.74, 6) is -1.65. The van der Waals surface area contributed by atoms with E-state index in [1.54, 1.807) is 10.6 Å². The van der Waals surface area contributed by atoms with Gasteiger partial charge in [-0.3, -0.25) is 9.59 Å². The van der Waals surface area contributed by atoms with Gasteiger partial charge in [0.25, 0.3) is 5.91 Å². The lowest BCUT2D eigenvalue weighted by atomic mass is 10.0. The molecule has 0 bridgehead atoms. The molecule has 0 saturated heterocycles. The van der Waals surface area contributed by atoms with Crippen molar-refractivity contribution in [2.24, 2.45) is 5.92 Å². The number of imidazole rings is 1. The van der Waals surface area contributed by atoms with Crippen LogP contribution in [-0.4, -0.2) is 32.4 Å². The third kappa shape index (κ3) is 2.61. The number of carbonyl (C=O) groups is 2. The van der Waals surface area contributed by atoms with Crippen LogP contribution in [0.15, 0.2) is 24.5 Å². The Kier molecular flexibility index (Phi) is 3.37. The summed E-state index contributed by atoms with van der Waals surface area (Å²) >= 11 is 0. The first-order chi connectivity index (χ1) is 10.0. The molecule has 0 unspecified atom stereocenters. The Bertz CT molecular complexity index is 707. The number of carboxylic acid groups (broad SMARTS) is 1. The van der Waals surface area contributed by atoms with Crippen molar-refractivity contribution in [2.75, 3.05) is 0 Å². The Labute approximate surface area is 121 Å². The van der Waals surface area contributed by atoms with Crippen molar-refractivity contribution in [3.63, 3.8) is 0 Å². The van der Waals surface area contributed by atoms with Crippen LogP contribution in [0.2, 0.25) is 0 Å². The number of carboxylic acids is 1. The molecule has 1 fully saturated rings. The molecule has 2 aromatic heterocycles. The lowest BCUT2D eigenvalue weighted by molar-refractivity contribution is -0.142. The average molecular weight is 287 g/mol. The normalized spacial score (nSPS) is 21.6. The number of pyridine rings is 1. The van der Waals surface area contributed by atoms with Gasteiger partial charge >= 0.3 is 5.97 Å². The van der Waals surface area contributed by atoms with Gasteiger partial charge in [-0.05, 0) is 37.5 Å². The summed E-state index contributed by atoms with van der Waals surface area (Å²) in [6.07, 6.45) is 5.66. The maximum Gasteiger partial charge on any atom is 0.308 e. The molecular weight excluding hydrogens is 270 g/mol. The number of aromatic nitrogens is 2. The molecular formula is C15H17N3O3. The predicted octanol–water partition coefficient (Wildman–Crippen LogP) is 1.63. The summed E-state index contributed by atoms with van der Waals surface area (Å²) in [4.78, 5) is 27.7. The summed E-state index contributed by atoms with van der Waals surface area (Å²) in [6.45, 7) is 1.96. The molecule has 2 N–H and O–H groups in total. The van der Waals surface area contributed by atoms with E-state index in [0.29, 0.717) is 24.2 Å². The molecule has 2 heterocycles. The number of nitrogens with zero attached hydrogens (tertiary/aromatic N) is 2. The molecule has 1 saturated carbocycles. The number of nitrogens with one attached hydrogen (secondary N) is 1. The second-order valence-electron chi connectivity index (χ2n) is 5.55. The monoisotopic (exact) mass is 287 g/mol. The highest BCUT2D eigenvalue weighted by atomic mass is 16.4. The van der Waals surface area contributed by atoms with Crippen molar-refractivity contribution in [2.45, 2.75) is 32.2 Å². The summed E-state index contributed by atoms with van der Waals surface area (Å²) in [5.41, 5.74) is 2.10. The number of hydrogen-bond acceptors (Lipinski definition) is 3.